The monoisotopic (exact) mass is 341 g/mol. The molecule has 0 aliphatic rings. The number of anilines is 2. The van der Waals surface area contributed by atoms with Gasteiger partial charge in [-0.15, -0.1) is 0 Å². The van der Waals surface area contributed by atoms with Gasteiger partial charge in [-0.25, -0.2) is 4.98 Å². The average Bonchev–Trinajstić information content (AvgIpc) is 2.25. The van der Waals surface area contributed by atoms with E-state index in [-0.39, 0.29) is 0 Å². The molecule has 0 saturated carbocycles. The van der Waals surface area contributed by atoms with Crippen molar-refractivity contribution in [1.29, 1.82) is 0 Å². The Morgan fingerprint density at radius 3 is 2.75 bits per heavy atom. The Labute approximate surface area is 111 Å². The van der Waals surface area contributed by atoms with Crippen LogP contribution in [0.1, 0.15) is 5.56 Å². The van der Waals surface area contributed by atoms with Gasteiger partial charge in [-0.05, 0) is 56.5 Å². The van der Waals surface area contributed by atoms with Crippen molar-refractivity contribution in [1.82, 2.24) is 9.97 Å². The second-order valence-corrected chi connectivity index (χ2v) is 5.07. The van der Waals surface area contributed by atoms with Gasteiger partial charge in [0, 0.05) is 16.9 Å². The van der Waals surface area contributed by atoms with E-state index in [1.165, 1.54) is 0 Å². The number of hydrogen-bond donors (Lipinski definition) is 1. The van der Waals surface area contributed by atoms with Gasteiger partial charge >= 0.3 is 0 Å². The molecule has 0 aliphatic heterocycles. The summed E-state index contributed by atoms with van der Waals surface area (Å²) in [5.41, 5.74) is 2.09. The second-order valence-electron chi connectivity index (χ2n) is 3.30. The van der Waals surface area contributed by atoms with E-state index in [0.717, 1.165) is 26.0 Å². The summed E-state index contributed by atoms with van der Waals surface area (Å²) in [6.45, 7) is 2.02. The number of aryl methyl sites for hydroxylation is 1. The van der Waals surface area contributed by atoms with E-state index in [9.17, 15) is 0 Å². The van der Waals surface area contributed by atoms with Crippen LogP contribution in [0.2, 0.25) is 0 Å². The molecule has 0 amide bonds. The molecule has 82 valence electrons. The van der Waals surface area contributed by atoms with E-state index in [1.54, 1.807) is 18.6 Å². The van der Waals surface area contributed by atoms with E-state index in [2.05, 4.69) is 47.1 Å². The minimum atomic E-state index is 0.777. The molecule has 2 heterocycles. The maximum Gasteiger partial charge on any atom is 0.144 e. The maximum atomic E-state index is 4.28. The standard InChI is InChI=1S/C11H9Br2N3/c1-7-2-3-14-6-10(7)16-11-9(13)4-8(12)5-15-11/h2-6H,1H3,(H,15,16). The summed E-state index contributed by atoms with van der Waals surface area (Å²) in [6, 6.07) is 3.90. The molecule has 5 heteroatoms. The van der Waals surface area contributed by atoms with E-state index in [0.29, 0.717) is 0 Å². The van der Waals surface area contributed by atoms with Crippen LogP contribution in [-0.4, -0.2) is 9.97 Å². The second kappa shape index (κ2) is 4.93. The molecule has 3 nitrogen and oxygen atoms in total. The zero-order chi connectivity index (χ0) is 11.5. The zero-order valence-electron chi connectivity index (χ0n) is 8.54. The van der Waals surface area contributed by atoms with Gasteiger partial charge in [0.15, 0.2) is 0 Å². The third-order valence-electron chi connectivity index (χ3n) is 2.10. The van der Waals surface area contributed by atoms with Crippen molar-refractivity contribution in [2.75, 3.05) is 5.32 Å². The van der Waals surface area contributed by atoms with Crippen LogP contribution in [0.25, 0.3) is 0 Å². The highest BCUT2D eigenvalue weighted by atomic mass is 79.9. The number of aromatic nitrogens is 2. The normalized spacial score (nSPS) is 10.2. The van der Waals surface area contributed by atoms with Crippen molar-refractivity contribution in [3.05, 3.63) is 45.2 Å². The molecule has 0 radical (unpaired) electrons. The molecule has 16 heavy (non-hydrogen) atoms. The lowest BCUT2D eigenvalue weighted by molar-refractivity contribution is 1.23. The van der Waals surface area contributed by atoms with Gasteiger partial charge in [0.05, 0.1) is 16.4 Å². The summed E-state index contributed by atoms with van der Waals surface area (Å²) in [5, 5.41) is 3.23. The molecule has 0 aliphatic carbocycles. The van der Waals surface area contributed by atoms with Crippen LogP contribution in [0, 0.1) is 6.92 Å². The number of nitrogens with one attached hydrogen (secondary N) is 1. The fraction of sp³-hybridized carbons (Fsp3) is 0.0909. The smallest absolute Gasteiger partial charge is 0.144 e. The Bertz CT molecular complexity index is 514. The minimum Gasteiger partial charge on any atom is -0.338 e. The Morgan fingerprint density at radius 1 is 1.25 bits per heavy atom. The van der Waals surface area contributed by atoms with Gasteiger partial charge in [0.25, 0.3) is 0 Å². The van der Waals surface area contributed by atoms with Crippen molar-refractivity contribution >= 4 is 43.4 Å². The van der Waals surface area contributed by atoms with Crippen LogP contribution in [-0.2, 0) is 0 Å². The molecule has 2 aromatic rings. The molecular weight excluding hydrogens is 334 g/mol. The molecule has 0 spiro atoms. The van der Waals surface area contributed by atoms with Crippen LogP contribution in [0.3, 0.4) is 0 Å². The van der Waals surface area contributed by atoms with Crippen LogP contribution in [0.4, 0.5) is 11.5 Å². The lowest BCUT2D eigenvalue weighted by atomic mass is 10.2. The SMILES string of the molecule is Cc1ccncc1Nc1ncc(Br)cc1Br. The predicted octanol–water partition coefficient (Wildman–Crippen LogP) is 4.05. The first-order valence-corrected chi connectivity index (χ1v) is 6.24. The molecule has 0 unspecified atom stereocenters. The van der Waals surface area contributed by atoms with Gasteiger partial charge in [-0.2, -0.15) is 0 Å². The summed E-state index contributed by atoms with van der Waals surface area (Å²) in [4.78, 5) is 8.36. The summed E-state index contributed by atoms with van der Waals surface area (Å²) in [6.07, 6.45) is 5.30. The molecule has 0 atom stereocenters. The van der Waals surface area contributed by atoms with E-state index in [4.69, 9.17) is 0 Å². The molecule has 2 aromatic heterocycles. The number of nitrogens with zero attached hydrogens (tertiary/aromatic N) is 2. The summed E-state index contributed by atoms with van der Waals surface area (Å²) < 4.78 is 1.85. The molecular formula is C11H9Br2N3. The number of hydrogen-bond acceptors (Lipinski definition) is 3. The molecule has 2 rings (SSSR count). The molecule has 0 fully saturated rings. The Morgan fingerprint density at radius 2 is 2.06 bits per heavy atom. The first-order valence-electron chi connectivity index (χ1n) is 4.65. The maximum absolute atomic E-state index is 4.28. The highest BCUT2D eigenvalue weighted by molar-refractivity contribution is 9.11. The quantitative estimate of drug-likeness (QED) is 0.894. The lowest BCUT2D eigenvalue weighted by Crippen LogP contribution is -1.97. The molecule has 1 N–H and O–H groups in total. The number of rotatable bonds is 2. The van der Waals surface area contributed by atoms with E-state index >= 15 is 0 Å². The minimum absolute atomic E-state index is 0.777. The first kappa shape index (κ1) is 11.5. The highest BCUT2D eigenvalue weighted by Crippen LogP contribution is 2.27. The summed E-state index contributed by atoms with van der Waals surface area (Å²) >= 11 is 6.82. The Kier molecular flexibility index (Phi) is 3.56. The van der Waals surface area contributed by atoms with Crippen LogP contribution >= 0.6 is 31.9 Å². The van der Waals surface area contributed by atoms with Crippen molar-refractivity contribution in [3.63, 3.8) is 0 Å². The van der Waals surface area contributed by atoms with Crippen molar-refractivity contribution in [2.24, 2.45) is 0 Å². The Balaban J connectivity index is 2.31. The van der Waals surface area contributed by atoms with Gasteiger partial charge in [0.2, 0.25) is 0 Å². The van der Waals surface area contributed by atoms with Gasteiger partial charge in [-0.1, -0.05) is 0 Å². The van der Waals surface area contributed by atoms with Gasteiger partial charge < -0.3 is 5.32 Å². The summed E-state index contributed by atoms with van der Waals surface area (Å²) in [7, 11) is 0. The Hall–Kier alpha value is -0.940. The third-order valence-corrected chi connectivity index (χ3v) is 3.14. The first-order chi connectivity index (χ1) is 7.66. The molecule has 0 bridgehead atoms. The lowest BCUT2D eigenvalue weighted by Gasteiger charge is -2.09. The summed E-state index contributed by atoms with van der Waals surface area (Å²) in [5.74, 6) is 0.777. The van der Waals surface area contributed by atoms with Crippen LogP contribution in [0.15, 0.2) is 39.7 Å². The average molecular weight is 343 g/mol. The largest absolute Gasteiger partial charge is 0.338 e. The van der Waals surface area contributed by atoms with Crippen molar-refractivity contribution in [3.8, 4) is 0 Å². The zero-order valence-corrected chi connectivity index (χ0v) is 11.7. The van der Waals surface area contributed by atoms with Crippen molar-refractivity contribution < 1.29 is 0 Å². The number of pyridine rings is 2. The fourth-order valence-electron chi connectivity index (χ4n) is 1.23. The van der Waals surface area contributed by atoms with Gasteiger partial charge in [-0.3, -0.25) is 4.98 Å². The van der Waals surface area contributed by atoms with Crippen LogP contribution < -0.4 is 5.32 Å². The predicted molar refractivity (Wildman–Crippen MR) is 71.9 cm³/mol. The van der Waals surface area contributed by atoms with E-state index in [1.807, 2.05) is 19.1 Å². The molecule has 0 aromatic carbocycles. The third kappa shape index (κ3) is 2.59. The molecule has 0 saturated heterocycles. The topological polar surface area (TPSA) is 37.8 Å². The van der Waals surface area contributed by atoms with Crippen LogP contribution in [0.5, 0.6) is 0 Å². The van der Waals surface area contributed by atoms with Gasteiger partial charge in [0.1, 0.15) is 5.82 Å². The highest BCUT2D eigenvalue weighted by Gasteiger charge is 2.04. The fourth-order valence-corrected chi connectivity index (χ4v) is 2.32. The van der Waals surface area contributed by atoms with E-state index < -0.39 is 0 Å². The number of halogens is 2. The van der Waals surface area contributed by atoms with Crippen molar-refractivity contribution in [2.45, 2.75) is 6.92 Å².